The molecule has 30 heavy (non-hydrogen) atoms. The molecule has 9 nitrogen and oxygen atoms in total. The molecule has 2 aromatic heterocycles. The van der Waals surface area contributed by atoms with E-state index in [1.165, 1.54) is 4.57 Å². The maximum atomic E-state index is 13.2. The zero-order valence-corrected chi connectivity index (χ0v) is 17.1. The number of fused-ring (bicyclic) bond motifs is 1. The van der Waals surface area contributed by atoms with Crippen LogP contribution < -0.4 is 16.6 Å². The van der Waals surface area contributed by atoms with Gasteiger partial charge >= 0.3 is 5.69 Å². The average molecular weight is 430 g/mol. The lowest BCUT2D eigenvalue weighted by Gasteiger charge is -2.21. The summed E-state index contributed by atoms with van der Waals surface area (Å²) in [5, 5.41) is 6.92. The number of halogens is 1. The summed E-state index contributed by atoms with van der Waals surface area (Å²) in [6, 6.07) is 6.73. The van der Waals surface area contributed by atoms with E-state index in [0.29, 0.717) is 41.7 Å². The molecule has 4 rings (SSSR count). The van der Waals surface area contributed by atoms with Gasteiger partial charge in [-0.3, -0.25) is 18.7 Å². The number of benzene rings is 1. The standard InChI is InChI=1S/C20H20ClN5O4/c1-2-16-23-18(24-30-16)17-14-9-5-6-10-25(14)20(29)26(19(17)28)11-15(27)22-13-8-4-3-7-12(13)21/h3-4,7-8H,2,5-6,9-11H2,1H3,(H,22,27). The first-order valence-electron chi connectivity index (χ1n) is 9.73. The summed E-state index contributed by atoms with van der Waals surface area (Å²) in [7, 11) is 0. The number of carbonyl (C=O) groups is 1. The summed E-state index contributed by atoms with van der Waals surface area (Å²) in [6.07, 6.45) is 2.74. The van der Waals surface area contributed by atoms with E-state index < -0.39 is 23.7 Å². The van der Waals surface area contributed by atoms with Gasteiger partial charge in [0.2, 0.25) is 17.6 Å². The average Bonchev–Trinajstić information content (AvgIpc) is 3.22. The quantitative estimate of drug-likeness (QED) is 0.665. The van der Waals surface area contributed by atoms with Crippen LogP contribution >= 0.6 is 11.6 Å². The summed E-state index contributed by atoms with van der Waals surface area (Å²) in [5.41, 5.74) is 0.0740. The first-order chi connectivity index (χ1) is 14.5. The third kappa shape index (κ3) is 3.68. The molecule has 0 fully saturated rings. The van der Waals surface area contributed by atoms with Gasteiger partial charge in [0, 0.05) is 18.7 Å². The SMILES string of the molecule is CCc1nc(-c2c3n(c(=O)n(CC(=O)Nc4ccccc4Cl)c2=O)CCCC3)no1. The maximum absolute atomic E-state index is 13.2. The van der Waals surface area contributed by atoms with Crippen molar-refractivity contribution >= 4 is 23.2 Å². The molecule has 0 saturated carbocycles. The topological polar surface area (TPSA) is 112 Å². The van der Waals surface area contributed by atoms with E-state index in [2.05, 4.69) is 15.5 Å². The van der Waals surface area contributed by atoms with Gasteiger partial charge in [-0.05, 0) is 31.4 Å². The Morgan fingerprint density at radius 1 is 1.27 bits per heavy atom. The second-order valence-electron chi connectivity index (χ2n) is 7.00. The van der Waals surface area contributed by atoms with Gasteiger partial charge in [-0.2, -0.15) is 4.98 Å². The Labute approximate surface area is 176 Å². The fraction of sp³-hybridized carbons (Fsp3) is 0.350. The number of hydrogen-bond acceptors (Lipinski definition) is 6. The third-order valence-electron chi connectivity index (χ3n) is 5.02. The fourth-order valence-electron chi connectivity index (χ4n) is 3.55. The number of nitrogens with one attached hydrogen (secondary N) is 1. The van der Waals surface area contributed by atoms with Crippen LogP contribution in [0.3, 0.4) is 0 Å². The predicted octanol–water partition coefficient (Wildman–Crippen LogP) is 2.25. The van der Waals surface area contributed by atoms with Crippen molar-refractivity contribution in [2.75, 3.05) is 5.32 Å². The number of nitrogens with zero attached hydrogens (tertiary/aromatic N) is 4. The van der Waals surface area contributed by atoms with Crippen LogP contribution in [0.5, 0.6) is 0 Å². The molecule has 1 aliphatic rings. The van der Waals surface area contributed by atoms with Gasteiger partial charge in [0.15, 0.2) is 0 Å². The molecule has 1 aliphatic heterocycles. The van der Waals surface area contributed by atoms with E-state index >= 15 is 0 Å². The number of amides is 1. The molecule has 0 atom stereocenters. The molecular formula is C20H20ClN5O4. The van der Waals surface area contributed by atoms with E-state index in [0.717, 1.165) is 17.4 Å². The maximum Gasteiger partial charge on any atom is 0.331 e. The minimum atomic E-state index is -0.606. The lowest BCUT2D eigenvalue weighted by atomic mass is 10.0. The number of aromatic nitrogens is 4. The molecule has 1 amide bonds. The number of anilines is 1. The molecular weight excluding hydrogens is 410 g/mol. The van der Waals surface area contributed by atoms with Crippen LogP contribution in [0.2, 0.25) is 5.02 Å². The van der Waals surface area contributed by atoms with Crippen LogP contribution in [0.1, 0.15) is 31.4 Å². The second kappa shape index (κ2) is 8.27. The highest BCUT2D eigenvalue weighted by atomic mass is 35.5. The molecule has 3 aromatic rings. The number of hydrogen-bond donors (Lipinski definition) is 1. The fourth-order valence-corrected chi connectivity index (χ4v) is 3.74. The van der Waals surface area contributed by atoms with Gasteiger partial charge in [-0.25, -0.2) is 4.79 Å². The molecule has 3 heterocycles. The minimum absolute atomic E-state index is 0.141. The number of aryl methyl sites for hydroxylation is 1. The molecule has 10 heteroatoms. The van der Waals surface area contributed by atoms with Gasteiger partial charge in [0.25, 0.3) is 5.56 Å². The molecule has 0 spiro atoms. The molecule has 0 unspecified atom stereocenters. The summed E-state index contributed by atoms with van der Waals surface area (Å²) >= 11 is 6.07. The van der Waals surface area contributed by atoms with E-state index in [1.807, 2.05) is 6.92 Å². The van der Waals surface area contributed by atoms with Gasteiger partial charge in [0.05, 0.1) is 10.7 Å². The van der Waals surface area contributed by atoms with Crippen LogP contribution in [0.15, 0.2) is 38.4 Å². The Morgan fingerprint density at radius 2 is 2.07 bits per heavy atom. The second-order valence-corrected chi connectivity index (χ2v) is 7.40. The van der Waals surface area contributed by atoms with Crippen molar-refractivity contribution in [2.45, 2.75) is 45.7 Å². The number of carbonyl (C=O) groups excluding carboxylic acids is 1. The summed E-state index contributed by atoms with van der Waals surface area (Å²) in [6.45, 7) is 1.88. The normalized spacial score (nSPS) is 13.1. The highest BCUT2D eigenvalue weighted by Crippen LogP contribution is 2.22. The predicted molar refractivity (Wildman–Crippen MR) is 111 cm³/mol. The van der Waals surface area contributed by atoms with E-state index in [9.17, 15) is 14.4 Å². The minimum Gasteiger partial charge on any atom is -0.339 e. The smallest absolute Gasteiger partial charge is 0.331 e. The van der Waals surface area contributed by atoms with Crippen molar-refractivity contribution in [2.24, 2.45) is 0 Å². The first kappa shape index (κ1) is 20.1. The number of para-hydroxylation sites is 1. The molecule has 156 valence electrons. The highest BCUT2D eigenvalue weighted by Gasteiger charge is 2.26. The van der Waals surface area contributed by atoms with Crippen molar-refractivity contribution in [3.63, 3.8) is 0 Å². The summed E-state index contributed by atoms with van der Waals surface area (Å²) in [5.74, 6) is 0.00269. The van der Waals surface area contributed by atoms with Crippen molar-refractivity contribution < 1.29 is 9.32 Å². The van der Waals surface area contributed by atoms with Gasteiger partial charge in [-0.1, -0.05) is 35.8 Å². The van der Waals surface area contributed by atoms with Crippen LogP contribution in [0, 0.1) is 0 Å². The number of rotatable bonds is 5. The van der Waals surface area contributed by atoms with E-state index in [4.69, 9.17) is 16.1 Å². The van der Waals surface area contributed by atoms with E-state index in [-0.39, 0.29) is 11.4 Å². The molecule has 0 radical (unpaired) electrons. The summed E-state index contributed by atoms with van der Waals surface area (Å²) in [4.78, 5) is 43.1. The monoisotopic (exact) mass is 429 g/mol. The van der Waals surface area contributed by atoms with Crippen LogP contribution in [0.25, 0.3) is 11.4 Å². The van der Waals surface area contributed by atoms with Gasteiger partial charge in [0.1, 0.15) is 12.1 Å². The Balaban J connectivity index is 1.77. The largest absolute Gasteiger partial charge is 0.339 e. The Bertz CT molecular complexity index is 1230. The first-order valence-corrected chi connectivity index (χ1v) is 10.1. The van der Waals surface area contributed by atoms with Crippen molar-refractivity contribution in [3.8, 4) is 11.4 Å². The van der Waals surface area contributed by atoms with E-state index in [1.54, 1.807) is 24.3 Å². The van der Waals surface area contributed by atoms with Crippen LogP contribution in [0.4, 0.5) is 5.69 Å². The molecule has 0 bridgehead atoms. The lowest BCUT2D eigenvalue weighted by Crippen LogP contribution is -2.45. The summed E-state index contributed by atoms with van der Waals surface area (Å²) < 4.78 is 7.61. The van der Waals surface area contributed by atoms with Crippen molar-refractivity contribution in [1.82, 2.24) is 19.3 Å². The zero-order valence-electron chi connectivity index (χ0n) is 16.4. The molecule has 0 saturated heterocycles. The Morgan fingerprint density at radius 3 is 2.80 bits per heavy atom. The highest BCUT2D eigenvalue weighted by molar-refractivity contribution is 6.33. The third-order valence-corrected chi connectivity index (χ3v) is 5.35. The zero-order chi connectivity index (χ0) is 21.3. The van der Waals surface area contributed by atoms with Crippen molar-refractivity contribution in [1.29, 1.82) is 0 Å². The van der Waals surface area contributed by atoms with Gasteiger partial charge in [-0.15, -0.1) is 0 Å². The van der Waals surface area contributed by atoms with Crippen LogP contribution in [-0.4, -0.2) is 25.2 Å². The lowest BCUT2D eigenvalue weighted by molar-refractivity contribution is -0.116. The molecule has 1 N–H and O–H groups in total. The van der Waals surface area contributed by atoms with Crippen molar-refractivity contribution in [3.05, 3.63) is 61.7 Å². The molecule has 0 aliphatic carbocycles. The molecule has 1 aromatic carbocycles. The Hall–Kier alpha value is -3.20. The van der Waals surface area contributed by atoms with Crippen LogP contribution in [-0.2, 0) is 30.7 Å². The Kier molecular flexibility index (Phi) is 5.54. The van der Waals surface area contributed by atoms with Gasteiger partial charge < -0.3 is 9.84 Å².